The van der Waals surface area contributed by atoms with Gasteiger partial charge in [0.1, 0.15) is 0 Å². The minimum atomic E-state index is -0.117. The summed E-state index contributed by atoms with van der Waals surface area (Å²) in [6.07, 6.45) is 0. The lowest BCUT2D eigenvalue weighted by molar-refractivity contribution is -0.112. The molecule has 0 spiro atoms. The standard InChI is InChI=1S/C18H20N2OS/c21-18-17(20-12-15-9-5-2-6-10-15)16(13-22-18)19-11-14-7-3-1-4-8-14/h1-10,16-17,19-20H,11-13H2/t16-,17?/m0/s1. The number of hydrogen-bond donors (Lipinski definition) is 2. The van der Waals surface area contributed by atoms with Crippen LogP contribution in [0, 0.1) is 0 Å². The Balaban J connectivity index is 1.55. The molecule has 1 aliphatic rings. The summed E-state index contributed by atoms with van der Waals surface area (Å²) in [5.41, 5.74) is 2.45. The first-order valence-corrected chi connectivity index (χ1v) is 8.53. The van der Waals surface area contributed by atoms with Crippen LogP contribution in [0.2, 0.25) is 0 Å². The van der Waals surface area contributed by atoms with Gasteiger partial charge in [-0.25, -0.2) is 0 Å². The van der Waals surface area contributed by atoms with Crippen LogP contribution in [0.5, 0.6) is 0 Å². The highest BCUT2D eigenvalue weighted by Gasteiger charge is 2.34. The number of carbonyl (C=O) groups is 1. The third kappa shape index (κ3) is 3.97. The predicted molar refractivity (Wildman–Crippen MR) is 91.6 cm³/mol. The average molecular weight is 312 g/mol. The summed E-state index contributed by atoms with van der Waals surface area (Å²) >= 11 is 1.42. The van der Waals surface area contributed by atoms with Crippen LogP contribution in [0.4, 0.5) is 0 Å². The maximum Gasteiger partial charge on any atom is 0.207 e. The van der Waals surface area contributed by atoms with Gasteiger partial charge in [0, 0.05) is 24.9 Å². The highest BCUT2D eigenvalue weighted by Crippen LogP contribution is 2.21. The number of carbonyl (C=O) groups excluding carboxylic acids is 1. The van der Waals surface area contributed by atoms with E-state index in [1.807, 2.05) is 36.4 Å². The lowest BCUT2D eigenvalue weighted by Gasteiger charge is -2.20. The second kappa shape index (κ2) is 7.58. The van der Waals surface area contributed by atoms with Gasteiger partial charge in [-0.15, -0.1) is 0 Å². The van der Waals surface area contributed by atoms with Crippen molar-refractivity contribution in [2.75, 3.05) is 5.75 Å². The minimum absolute atomic E-state index is 0.117. The molecule has 22 heavy (non-hydrogen) atoms. The van der Waals surface area contributed by atoms with Crippen LogP contribution in [-0.2, 0) is 17.9 Å². The molecule has 2 aromatic rings. The third-order valence-electron chi connectivity index (χ3n) is 3.84. The molecule has 114 valence electrons. The van der Waals surface area contributed by atoms with Crippen molar-refractivity contribution in [3.63, 3.8) is 0 Å². The summed E-state index contributed by atoms with van der Waals surface area (Å²) in [5, 5.41) is 7.15. The van der Waals surface area contributed by atoms with Crippen LogP contribution < -0.4 is 10.6 Å². The van der Waals surface area contributed by atoms with Gasteiger partial charge >= 0.3 is 0 Å². The van der Waals surface area contributed by atoms with E-state index in [1.165, 1.54) is 22.9 Å². The highest BCUT2D eigenvalue weighted by molar-refractivity contribution is 8.14. The minimum Gasteiger partial charge on any atom is -0.307 e. The predicted octanol–water partition coefficient (Wildman–Crippen LogP) is 2.58. The van der Waals surface area contributed by atoms with Crippen LogP contribution in [0.3, 0.4) is 0 Å². The van der Waals surface area contributed by atoms with Crippen molar-refractivity contribution in [3.8, 4) is 0 Å². The Kier molecular flexibility index (Phi) is 5.27. The van der Waals surface area contributed by atoms with Gasteiger partial charge in [-0.1, -0.05) is 72.4 Å². The number of nitrogens with one attached hydrogen (secondary N) is 2. The van der Waals surface area contributed by atoms with Crippen molar-refractivity contribution >= 4 is 16.9 Å². The SMILES string of the molecule is O=C1SC[C@H](NCc2ccccc2)C1NCc1ccccc1. The molecule has 0 amide bonds. The van der Waals surface area contributed by atoms with Crippen LogP contribution in [0.25, 0.3) is 0 Å². The Bertz CT molecular complexity index is 603. The third-order valence-corrected chi connectivity index (χ3v) is 4.91. The van der Waals surface area contributed by atoms with Crippen LogP contribution in [-0.4, -0.2) is 23.0 Å². The van der Waals surface area contributed by atoms with E-state index in [0.717, 1.165) is 18.8 Å². The molecule has 2 aromatic carbocycles. The quantitative estimate of drug-likeness (QED) is 0.860. The molecule has 1 heterocycles. The smallest absolute Gasteiger partial charge is 0.207 e. The van der Waals surface area contributed by atoms with E-state index in [0.29, 0.717) is 0 Å². The summed E-state index contributed by atoms with van der Waals surface area (Å²) in [4.78, 5) is 12.1. The molecule has 0 saturated carbocycles. The molecule has 2 N–H and O–H groups in total. The van der Waals surface area contributed by atoms with Gasteiger partial charge in [0.2, 0.25) is 5.12 Å². The van der Waals surface area contributed by atoms with Crippen molar-refractivity contribution < 1.29 is 4.79 Å². The van der Waals surface area contributed by atoms with E-state index in [4.69, 9.17) is 0 Å². The molecule has 1 saturated heterocycles. The lowest BCUT2D eigenvalue weighted by Crippen LogP contribution is -2.48. The van der Waals surface area contributed by atoms with E-state index >= 15 is 0 Å². The average Bonchev–Trinajstić information content (AvgIpc) is 2.93. The van der Waals surface area contributed by atoms with Crippen molar-refractivity contribution in [1.29, 1.82) is 0 Å². The maximum absolute atomic E-state index is 12.1. The summed E-state index contributed by atoms with van der Waals surface area (Å²) < 4.78 is 0. The summed E-state index contributed by atoms with van der Waals surface area (Å²) in [7, 11) is 0. The van der Waals surface area contributed by atoms with Crippen LogP contribution in [0.1, 0.15) is 11.1 Å². The normalized spacial score (nSPS) is 21.2. The van der Waals surface area contributed by atoms with E-state index in [-0.39, 0.29) is 17.2 Å². The topological polar surface area (TPSA) is 41.1 Å². The van der Waals surface area contributed by atoms with Crippen molar-refractivity contribution in [3.05, 3.63) is 71.8 Å². The Morgan fingerprint density at radius 2 is 1.41 bits per heavy atom. The molecule has 1 fully saturated rings. The fourth-order valence-corrected chi connectivity index (χ4v) is 3.67. The van der Waals surface area contributed by atoms with Gasteiger partial charge in [0.25, 0.3) is 0 Å². The Hall–Kier alpha value is -1.62. The van der Waals surface area contributed by atoms with E-state index in [1.54, 1.807) is 0 Å². The van der Waals surface area contributed by atoms with E-state index in [2.05, 4.69) is 34.9 Å². The van der Waals surface area contributed by atoms with Gasteiger partial charge in [0.05, 0.1) is 6.04 Å². The van der Waals surface area contributed by atoms with Gasteiger partial charge in [-0.3, -0.25) is 4.79 Å². The van der Waals surface area contributed by atoms with Gasteiger partial charge in [-0.05, 0) is 11.1 Å². The molecular formula is C18H20N2OS. The fourth-order valence-electron chi connectivity index (χ4n) is 2.59. The lowest BCUT2D eigenvalue weighted by atomic mass is 10.1. The van der Waals surface area contributed by atoms with Crippen molar-refractivity contribution in [1.82, 2.24) is 10.6 Å². The molecule has 4 heteroatoms. The van der Waals surface area contributed by atoms with Gasteiger partial charge in [0.15, 0.2) is 0 Å². The van der Waals surface area contributed by atoms with Gasteiger partial charge in [-0.2, -0.15) is 0 Å². The first-order valence-electron chi connectivity index (χ1n) is 7.54. The maximum atomic E-state index is 12.1. The van der Waals surface area contributed by atoms with Crippen molar-refractivity contribution in [2.45, 2.75) is 25.2 Å². The largest absolute Gasteiger partial charge is 0.307 e. The number of rotatable bonds is 6. The zero-order valence-electron chi connectivity index (χ0n) is 12.4. The van der Waals surface area contributed by atoms with Crippen LogP contribution in [0.15, 0.2) is 60.7 Å². The van der Waals surface area contributed by atoms with Gasteiger partial charge < -0.3 is 10.6 Å². The molecule has 3 rings (SSSR count). The summed E-state index contributed by atoms with van der Waals surface area (Å²) in [6.45, 7) is 1.52. The summed E-state index contributed by atoms with van der Waals surface area (Å²) in [5.74, 6) is 0.831. The monoisotopic (exact) mass is 312 g/mol. The first kappa shape index (κ1) is 15.3. The number of hydrogen-bond acceptors (Lipinski definition) is 4. The second-order valence-electron chi connectivity index (χ2n) is 5.45. The Labute approximate surface area is 135 Å². The zero-order valence-corrected chi connectivity index (χ0v) is 13.2. The second-order valence-corrected chi connectivity index (χ2v) is 6.47. The van der Waals surface area contributed by atoms with Crippen molar-refractivity contribution in [2.24, 2.45) is 0 Å². The van der Waals surface area contributed by atoms with E-state index < -0.39 is 0 Å². The number of thioether (sulfide) groups is 1. The fraction of sp³-hybridized carbons (Fsp3) is 0.278. The van der Waals surface area contributed by atoms with E-state index in [9.17, 15) is 4.79 Å². The zero-order chi connectivity index (χ0) is 15.2. The molecule has 0 aliphatic carbocycles. The molecule has 1 unspecified atom stereocenters. The molecule has 1 aliphatic heterocycles. The molecule has 2 atom stereocenters. The first-order chi connectivity index (χ1) is 10.8. The molecular weight excluding hydrogens is 292 g/mol. The Morgan fingerprint density at radius 3 is 2.00 bits per heavy atom. The highest BCUT2D eigenvalue weighted by atomic mass is 32.2. The van der Waals surface area contributed by atoms with Crippen LogP contribution >= 0.6 is 11.8 Å². The molecule has 0 aromatic heterocycles. The molecule has 3 nitrogen and oxygen atoms in total. The Morgan fingerprint density at radius 1 is 0.864 bits per heavy atom. The number of benzene rings is 2. The molecule has 0 radical (unpaired) electrons. The molecule has 0 bridgehead atoms. The summed E-state index contributed by atoms with van der Waals surface area (Å²) in [6, 6.07) is 20.6.